The normalized spacial score (nSPS) is 14.0. The minimum Gasteiger partial charge on any atom is -0.368 e. The molecule has 0 N–H and O–H groups in total. The second-order valence-electron chi connectivity index (χ2n) is 9.19. The van der Waals surface area contributed by atoms with Gasteiger partial charge >= 0.3 is 0 Å². The number of carbonyl (C=O) groups is 1. The summed E-state index contributed by atoms with van der Waals surface area (Å²) in [6, 6.07) is 18.7. The molecule has 0 saturated carbocycles. The summed E-state index contributed by atoms with van der Waals surface area (Å²) in [6.07, 6.45) is 3.94. The molecule has 1 fully saturated rings. The first kappa shape index (κ1) is 22.0. The number of benzene rings is 2. The zero-order valence-electron chi connectivity index (χ0n) is 20.3. The van der Waals surface area contributed by atoms with Crippen LogP contribution in [-0.4, -0.2) is 51.3 Å². The SMILES string of the molecule is Cc1ccc(-n2nc(C)c(C(=O)N3CCN(c4cc(C)ccc4C)CC3)c2-n2cccc2)cc1. The van der Waals surface area contributed by atoms with E-state index in [1.807, 2.05) is 57.7 Å². The molecule has 1 saturated heterocycles. The van der Waals surface area contributed by atoms with Gasteiger partial charge in [0.2, 0.25) is 0 Å². The van der Waals surface area contributed by atoms with Gasteiger partial charge in [0.15, 0.2) is 5.82 Å². The smallest absolute Gasteiger partial charge is 0.259 e. The van der Waals surface area contributed by atoms with Crippen LogP contribution in [-0.2, 0) is 0 Å². The van der Waals surface area contributed by atoms with Crippen molar-refractivity contribution in [3.05, 3.63) is 94.9 Å². The van der Waals surface area contributed by atoms with Gasteiger partial charge in [-0.15, -0.1) is 0 Å². The van der Waals surface area contributed by atoms with E-state index >= 15 is 0 Å². The molecular formula is C28H31N5O. The van der Waals surface area contributed by atoms with Gasteiger partial charge in [-0.1, -0.05) is 29.8 Å². The van der Waals surface area contributed by atoms with E-state index in [0.717, 1.165) is 30.3 Å². The number of aryl methyl sites for hydroxylation is 4. The molecule has 6 nitrogen and oxygen atoms in total. The largest absolute Gasteiger partial charge is 0.368 e. The number of anilines is 1. The number of nitrogens with zero attached hydrogens (tertiary/aromatic N) is 5. The maximum atomic E-state index is 13.8. The molecule has 0 atom stereocenters. The van der Waals surface area contributed by atoms with Crippen LogP contribution in [0.4, 0.5) is 5.69 Å². The molecule has 0 bridgehead atoms. The van der Waals surface area contributed by atoms with E-state index < -0.39 is 0 Å². The number of carbonyl (C=O) groups excluding carboxylic acids is 1. The van der Waals surface area contributed by atoms with Crippen molar-refractivity contribution in [1.82, 2.24) is 19.2 Å². The Morgan fingerprint density at radius 3 is 2.15 bits per heavy atom. The number of hydrogen-bond donors (Lipinski definition) is 0. The highest BCUT2D eigenvalue weighted by atomic mass is 16.2. The fourth-order valence-corrected chi connectivity index (χ4v) is 4.71. The summed E-state index contributed by atoms with van der Waals surface area (Å²) >= 11 is 0. The summed E-state index contributed by atoms with van der Waals surface area (Å²) in [5.74, 6) is 0.827. The molecule has 2 aromatic carbocycles. The summed E-state index contributed by atoms with van der Waals surface area (Å²) < 4.78 is 3.87. The van der Waals surface area contributed by atoms with E-state index in [9.17, 15) is 4.79 Å². The Kier molecular flexibility index (Phi) is 5.74. The quantitative estimate of drug-likeness (QED) is 0.443. The third-order valence-electron chi connectivity index (χ3n) is 6.65. The van der Waals surface area contributed by atoms with Crippen molar-refractivity contribution < 1.29 is 4.79 Å². The molecule has 34 heavy (non-hydrogen) atoms. The highest BCUT2D eigenvalue weighted by molar-refractivity contribution is 5.99. The predicted octanol–water partition coefficient (Wildman–Crippen LogP) is 4.86. The van der Waals surface area contributed by atoms with Gasteiger partial charge in [0.1, 0.15) is 5.56 Å². The van der Waals surface area contributed by atoms with Crippen LogP contribution in [0.15, 0.2) is 67.0 Å². The standard InChI is InChI=1S/C28H31N5O/c1-20-8-11-24(12-9-20)33-27(31-13-5-6-14-31)26(23(4)29-33)28(34)32-17-15-30(16-18-32)25-19-21(2)7-10-22(25)3/h5-14,19H,15-18H2,1-4H3. The van der Waals surface area contributed by atoms with Gasteiger partial charge in [-0.3, -0.25) is 4.79 Å². The van der Waals surface area contributed by atoms with Crippen molar-refractivity contribution in [3.8, 4) is 11.5 Å². The Hall–Kier alpha value is -3.80. The minimum absolute atomic E-state index is 0.0418. The highest BCUT2D eigenvalue weighted by Gasteiger charge is 2.30. The Morgan fingerprint density at radius 1 is 0.824 bits per heavy atom. The second kappa shape index (κ2) is 8.86. The topological polar surface area (TPSA) is 46.3 Å². The Bertz CT molecular complexity index is 1310. The molecule has 174 valence electrons. The molecule has 3 heterocycles. The monoisotopic (exact) mass is 453 g/mol. The summed E-state index contributed by atoms with van der Waals surface area (Å²) in [5, 5.41) is 4.80. The first-order valence-corrected chi connectivity index (χ1v) is 11.8. The number of piperazine rings is 1. The van der Waals surface area contributed by atoms with Gasteiger partial charge in [-0.2, -0.15) is 5.10 Å². The molecule has 0 radical (unpaired) electrons. The number of rotatable bonds is 4. The van der Waals surface area contributed by atoms with Crippen LogP contribution in [0.3, 0.4) is 0 Å². The van der Waals surface area contributed by atoms with Gasteiger partial charge in [0.25, 0.3) is 5.91 Å². The number of amides is 1. The summed E-state index contributed by atoms with van der Waals surface area (Å²) in [6.45, 7) is 11.3. The lowest BCUT2D eigenvalue weighted by Gasteiger charge is -2.37. The van der Waals surface area contributed by atoms with E-state index in [2.05, 4.69) is 56.0 Å². The predicted molar refractivity (Wildman–Crippen MR) is 136 cm³/mol. The van der Waals surface area contributed by atoms with Crippen molar-refractivity contribution in [1.29, 1.82) is 0 Å². The zero-order valence-corrected chi connectivity index (χ0v) is 20.3. The van der Waals surface area contributed by atoms with Crippen LogP contribution in [0.2, 0.25) is 0 Å². The molecule has 2 aromatic heterocycles. The molecule has 0 spiro atoms. The van der Waals surface area contributed by atoms with Crippen molar-refractivity contribution in [2.75, 3.05) is 31.1 Å². The average Bonchev–Trinajstić information content (AvgIpc) is 3.48. The fraction of sp³-hybridized carbons (Fsp3) is 0.286. The molecule has 0 aliphatic carbocycles. The maximum absolute atomic E-state index is 13.8. The van der Waals surface area contributed by atoms with Crippen LogP contribution in [0, 0.1) is 27.7 Å². The Balaban J connectivity index is 1.45. The molecule has 1 aliphatic rings. The van der Waals surface area contributed by atoms with Crippen molar-refractivity contribution in [2.24, 2.45) is 0 Å². The second-order valence-corrected chi connectivity index (χ2v) is 9.19. The van der Waals surface area contributed by atoms with Crippen LogP contribution >= 0.6 is 0 Å². The van der Waals surface area contributed by atoms with Gasteiger partial charge < -0.3 is 14.4 Å². The fourth-order valence-electron chi connectivity index (χ4n) is 4.71. The maximum Gasteiger partial charge on any atom is 0.259 e. The van der Waals surface area contributed by atoms with Crippen LogP contribution in [0.25, 0.3) is 11.5 Å². The molecule has 6 heteroatoms. The van der Waals surface area contributed by atoms with Crippen LogP contribution in [0.1, 0.15) is 32.7 Å². The number of aromatic nitrogens is 3. The van der Waals surface area contributed by atoms with E-state index in [1.165, 1.54) is 22.4 Å². The molecule has 5 rings (SSSR count). The van der Waals surface area contributed by atoms with Crippen LogP contribution < -0.4 is 4.90 Å². The van der Waals surface area contributed by atoms with E-state index in [0.29, 0.717) is 18.7 Å². The summed E-state index contributed by atoms with van der Waals surface area (Å²) in [7, 11) is 0. The van der Waals surface area contributed by atoms with Gasteiger partial charge in [-0.05, 0) is 69.2 Å². The van der Waals surface area contributed by atoms with Gasteiger partial charge in [-0.25, -0.2) is 4.68 Å². The Labute approximate surface area is 201 Å². The first-order valence-electron chi connectivity index (χ1n) is 11.8. The summed E-state index contributed by atoms with van der Waals surface area (Å²) in [4.78, 5) is 18.2. The first-order chi connectivity index (χ1) is 16.4. The third kappa shape index (κ3) is 4.00. The van der Waals surface area contributed by atoms with Crippen LogP contribution in [0.5, 0.6) is 0 Å². The molecule has 4 aromatic rings. The molecule has 1 amide bonds. The van der Waals surface area contributed by atoms with Crippen molar-refractivity contribution >= 4 is 11.6 Å². The van der Waals surface area contributed by atoms with Gasteiger partial charge in [0.05, 0.1) is 11.4 Å². The lowest BCUT2D eigenvalue weighted by molar-refractivity contribution is 0.0746. The Morgan fingerprint density at radius 2 is 1.47 bits per heavy atom. The van der Waals surface area contributed by atoms with E-state index in [1.54, 1.807) is 0 Å². The highest BCUT2D eigenvalue weighted by Crippen LogP contribution is 2.27. The number of hydrogen-bond acceptors (Lipinski definition) is 3. The average molecular weight is 454 g/mol. The molecular weight excluding hydrogens is 422 g/mol. The zero-order chi connectivity index (χ0) is 23.8. The molecule has 0 unspecified atom stereocenters. The lowest BCUT2D eigenvalue weighted by atomic mass is 10.1. The molecule has 1 aliphatic heterocycles. The summed E-state index contributed by atoms with van der Waals surface area (Å²) in [5.41, 5.74) is 7.33. The third-order valence-corrected chi connectivity index (χ3v) is 6.65. The van der Waals surface area contributed by atoms with E-state index in [-0.39, 0.29) is 5.91 Å². The van der Waals surface area contributed by atoms with Crippen molar-refractivity contribution in [2.45, 2.75) is 27.7 Å². The van der Waals surface area contributed by atoms with Crippen molar-refractivity contribution in [3.63, 3.8) is 0 Å². The minimum atomic E-state index is 0.0418. The van der Waals surface area contributed by atoms with E-state index in [4.69, 9.17) is 5.10 Å². The van der Waals surface area contributed by atoms with Gasteiger partial charge in [0, 0.05) is 44.3 Å². The lowest BCUT2D eigenvalue weighted by Crippen LogP contribution is -2.49.